The van der Waals surface area contributed by atoms with Crippen molar-refractivity contribution in [3.8, 4) is 5.82 Å². The molecule has 1 saturated heterocycles. The molecule has 12 heteroatoms. The van der Waals surface area contributed by atoms with E-state index in [1.807, 2.05) is 24.3 Å². The Kier molecular flexibility index (Phi) is 8.35. The van der Waals surface area contributed by atoms with Crippen LogP contribution in [0.25, 0.3) is 5.82 Å². The number of rotatable bonds is 7. The lowest BCUT2D eigenvalue weighted by Gasteiger charge is -2.33. The monoisotopic (exact) mass is 487 g/mol. The van der Waals surface area contributed by atoms with Gasteiger partial charge in [0.15, 0.2) is 5.69 Å². The summed E-state index contributed by atoms with van der Waals surface area (Å²) in [5, 5.41) is 19.7. The molecule has 0 spiro atoms. The standard InChI is InChI=1S/C22H29N9O2.ClH/c1-14(2)17-9-7-16(8-10-17)12-24-26-22(32)19-18(13-30-11-5-4-6-15(30)3)31(29-25-19)21-20(23)27-33-28-21;/h7-10,12,14-15H,4-6,11,13H2,1-3H3,(H2,23,27)(H,26,32);1H/b24-12-;. The molecule has 0 bridgehead atoms. The molecule has 1 aliphatic rings. The zero-order valence-electron chi connectivity index (χ0n) is 19.5. The first kappa shape index (κ1) is 25.3. The predicted octanol–water partition coefficient (Wildman–Crippen LogP) is 2.92. The number of carbonyl (C=O) groups excluding carboxylic acids is 1. The summed E-state index contributed by atoms with van der Waals surface area (Å²) in [4.78, 5) is 15.2. The number of hydrazone groups is 1. The summed E-state index contributed by atoms with van der Waals surface area (Å²) >= 11 is 0. The molecule has 182 valence electrons. The number of nitrogens with two attached hydrogens (primary N) is 1. The third-order valence-corrected chi connectivity index (χ3v) is 5.95. The third kappa shape index (κ3) is 5.60. The van der Waals surface area contributed by atoms with Gasteiger partial charge in [-0.15, -0.1) is 17.5 Å². The van der Waals surface area contributed by atoms with Crippen LogP contribution in [-0.2, 0) is 6.54 Å². The van der Waals surface area contributed by atoms with Crippen molar-refractivity contribution in [2.75, 3.05) is 12.3 Å². The lowest BCUT2D eigenvalue weighted by molar-refractivity contribution is 0.0945. The molecule has 3 N–H and O–H groups in total. The number of nitrogens with zero attached hydrogens (tertiary/aromatic N) is 7. The number of amides is 1. The molecule has 3 aromatic rings. The number of benzene rings is 1. The maximum Gasteiger partial charge on any atom is 0.293 e. The second-order valence-electron chi connectivity index (χ2n) is 8.61. The molecule has 2 aromatic heterocycles. The third-order valence-electron chi connectivity index (χ3n) is 5.95. The fourth-order valence-corrected chi connectivity index (χ4v) is 3.90. The van der Waals surface area contributed by atoms with E-state index in [9.17, 15) is 4.79 Å². The smallest absolute Gasteiger partial charge is 0.293 e. The van der Waals surface area contributed by atoms with E-state index < -0.39 is 5.91 Å². The first-order valence-corrected chi connectivity index (χ1v) is 11.1. The number of anilines is 1. The number of nitrogens with one attached hydrogen (secondary N) is 1. The van der Waals surface area contributed by atoms with Gasteiger partial charge in [-0.3, -0.25) is 9.69 Å². The summed E-state index contributed by atoms with van der Waals surface area (Å²) in [6.07, 6.45) is 4.98. The first-order valence-electron chi connectivity index (χ1n) is 11.1. The molecule has 0 radical (unpaired) electrons. The Morgan fingerprint density at radius 2 is 2.06 bits per heavy atom. The summed E-state index contributed by atoms with van der Waals surface area (Å²) in [5.41, 5.74) is 11.3. The van der Waals surface area contributed by atoms with Gasteiger partial charge < -0.3 is 5.73 Å². The Labute approximate surface area is 204 Å². The van der Waals surface area contributed by atoms with Crippen molar-refractivity contribution in [3.05, 3.63) is 46.8 Å². The molecule has 11 nitrogen and oxygen atoms in total. The van der Waals surface area contributed by atoms with Crippen LogP contribution in [0.3, 0.4) is 0 Å². The van der Waals surface area contributed by atoms with Crippen molar-refractivity contribution in [2.45, 2.75) is 58.5 Å². The molecular weight excluding hydrogens is 458 g/mol. The van der Waals surface area contributed by atoms with Gasteiger partial charge in [0, 0.05) is 12.6 Å². The molecule has 1 aromatic carbocycles. The highest BCUT2D eigenvalue weighted by Gasteiger charge is 2.28. The number of nitrogen functional groups attached to an aromatic ring is 1. The number of aromatic nitrogens is 5. The highest BCUT2D eigenvalue weighted by Crippen LogP contribution is 2.22. The molecule has 0 aliphatic carbocycles. The lowest BCUT2D eigenvalue weighted by Crippen LogP contribution is -2.38. The molecular formula is C22H30ClN9O2. The molecule has 1 unspecified atom stereocenters. The number of halogens is 1. The van der Waals surface area contributed by atoms with Gasteiger partial charge in [0.25, 0.3) is 5.91 Å². The molecule has 4 rings (SSSR count). The van der Waals surface area contributed by atoms with Gasteiger partial charge in [0.1, 0.15) is 0 Å². The van der Waals surface area contributed by atoms with Crippen LogP contribution in [0.2, 0.25) is 0 Å². The van der Waals surface area contributed by atoms with Crippen LogP contribution in [0.4, 0.5) is 5.82 Å². The fourth-order valence-electron chi connectivity index (χ4n) is 3.90. The van der Waals surface area contributed by atoms with Gasteiger partial charge in [-0.1, -0.05) is 49.7 Å². The minimum Gasteiger partial charge on any atom is -0.378 e. The van der Waals surface area contributed by atoms with Gasteiger partial charge in [0.2, 0.25) is 11.6 Å². The molecule has 1 fully saturated rings. The summed E-state index contributed by atoms with van der Waals surface area (Å²) in [6, 6.07) is 8.40. The normalized spacial score (nSPS) is 16.6. The van der Waals surface area contributed by atoms with Crippen LogP contribution in [0.15, 0.2) is 34.0 Å². The van der Waals surface area contributed by atoms with Gasteiger partial charge in [0.05, 0.1) is 11.9 Å². The number of hydrogen-bond donors (Lipinski definition) is 2. The number of piperidine rings is 1. The fraction of sp³-hybridized carbons (Fsp3) is 0.455. The van der Waals surface area contributed by atoms with E-state index in [1.165, 1.54) is 16.7 Å². The average molecular weight is 488 g/mol. The Hall–Kier alpha value is -3.31. The molecule has 3 heterocycles. The van der Waals surface area contributed by atoms with Crippen LogP contribution < -0.4 is 11.2 Å². The minimum absolute atomic E-state index is 0. The van der Waals surface area contributed by atoms with Crippen molar-refractivity contribution in [3.63, 3.8) is 0 Å². The Balaban J connectivity index is 0.00000324. The zero-order chi connectivity index (χ0) is 23.4. The van der Waals surface area contributed by atoms with Crippen LogP contribution in [0.1, 0.15) is 73.3 Å². The zero-order valence-corrected chi connectivity index (χ0v) is 20.3. The van der Waals surface area contributed by atoms with Crippen molar-refractivity contribution in [1.82, 2.24) is 35.6 Å². The molecule has 0 saturated carbocycles. The van der Waals surface area contributed by atoms with E-state index >= 15 is 0 Å². The van der Waals surface area contributed by atoms with Crippen molar-refractivity contribution in [1.29, 1.82) is 0 Å². The number of carbonyl (C=O) groups is 1. The predicted molar refractivity (Wildman–Crippen MR) is 130 cm³/mol. The van der Waals surface area contributed by atoms with Gasteiger partial charge >= 0.3 is 0 Å². The molecule has 1 aliphatic heterocycles. The number of hydrogen-bond acceptors (Lipinski definition) is 9. The highest BCUT2D eigenvalue weighted by atomic mass is 35.5. The second kappa shape index (κ2) is 11.2. The molecule has 34 heavy (non-hydrogen) atoms. The second-order valence-corrected chi connectivity index (χ2v) is 8.61. The van der Waals surface area contributed by atoms with Gasteiger partial charge in [-0.2, -0.15) is 9.78 Å². The van der Waals surface area contributed by atoms with E-state index in [2.05, 4.69) is 56.8 Å². The van der Waals surface area contributed by atoms with Crippen molar-refractivity contribution < 1.29 is 9.42 Å². The summed E-state index contributed by atoms with van der Waals surface area (Å²) in [5.74, 6) is 0.261. The maximum atomic E-state index is 12.9. The van der Waals surface area contributed by atoms with E-state index in [1.54, 1.807) is 6.21 Å². The molecule has 1 atom stereocenters. The van der Waals surface area contributed by atoms with Gasteiger partial charge in [-0.05, 0) is 53.7 Å². The summed E-state index contributed by atoms with van der Waals surface area (Å²) in [6.45, 7) is 7.84. The summed E-state index contributed by atoms with van der Waals surface area (Å²) < 4.78 is 6.13. The van der Waals surface area contributed by atoms with E-state index in [4.69, 9.17) is 10.4 Å². The van der Waals surface area contributed by atoms with E-state index in [0.717, 1.165) is 24.9 Å². The number of likely N-dealkylation sites (tertiary alicyclic amines) is 1. The minimum atomic E-state index is -0.467. The lowest BCUT2D eigenvalue weighted by atomic mass is 10.0. The van der Waals surface area contributed by atoms with Crippen LogP contribution in [-0.4, -0.2) is 54.9 Å². The van der Waals surface area contributed by atoms with Crippen LogP contribution in [0, 0.1) is 0 Å². The highest BCUT2D eigenvalue weighted by molar-refractivity contribution is 5.94. The quantitative estimate of drug-likeness (QED) is 0.383. The van der Waals surface area contributed by atoms with Crippen LogP contribution >= 0.6 is 12.4 Å². The van der Waals surface area contributed by atoms with E-state index in [-0.39, 0.29) is 29.7 Å². The molecule has 1 amide bonds. The Bertz CT molecular complexity index is 1120. The van der Waals surface area contributed by atoms with Crippen molar-refractivity contribution in [2.24, 2.45) is 5.10 Å². The van der Waals surface area contributed by atoms with E-state index in [0.29, 0.717) is 24.2 Å². The topological polar surface area (TPSA) is 140 Å². The average Bonchev–Trinajstić information content (AvgIpc) is 3.41. The first-order chi connectivity index (χ1) is 15.9. The van der Waals surface area contributed by atoms with Crippen molar-refractivity contribution >= 4 is 30.3 Å². The maximum absolute atomic E-state index is 12.9. The van der Waals surface area contributed by atoms with Gasteiger partial charge in [-0.25, -0.2) is 10.1 Å². The van der Waals surface area contributed by atoms with Crippen LogP contribution in [0.5, 0.6) is 0 Å². The summed E-state index contributed by atoms with van der Waals surface area (Å²) in [7, 11) is 0. The Morgan fingerprint density at radius 3 is 2.71 bits per heavy atom. The Morgan fingerprint density at radius 1 is 1.29 bits per heavy atom. The SMILES string of the molecule is CC(C)c1ccc(/C=N\NC(=O)c2nnn(-c3nonc3N)c2CN2CCCCC2C)cc1.Cl. The largest absolute Gasteiger partial charge is 0.378 e.